The van der Waals surface area contributed by atoms with Crippen LogP contribution in [0.15, 0.2) is 30.3 Å². The number of nitrogens with zero attached hydrogens (tertiary/aromatic N) is 1. The van der Waals surface area contributed by atoms with Crippen LogP contribution in [0.1, 0.15) is 48.9 Å². The predicted octanol–water partition coefficient (Wildman–Crippen LogP) is 3.50. The van der Waals surface area contributed by atoms with Crippen molar-refractivity contribution in [1.29, 1.82) is 0 Å². The molecule has 0 unspecified atom stereocenters. The normalized spacial score (nSPS) is 24.0. The molecule has 0 aromatic heterocycles. The zero-order valence-electron chi connectivity index (χ0n) is 12.7. The summed E-state index contributed by atoms with van der Waals surface area (Å²) in [6.45, 7) is 2.15. The van der Waals surface area contributed by atoms with Crippen LogP contribution in [0.4, 0.5) is 0 Å². The van der Waals surface area contributed by atoms with Crippen LogP contribution in [0, 0.1) is 5.92 Å². The van der Waals surface area contributed by atoms with Gasteiger partial charge in [0, 0.05) is 18.7 Å². The molecular weight excluding hydrogens is 262 g/mol. The third-order valence-corrected chi connectivity index (χ3v) is 4.77. The molecule has 1 aromatic carbocycles. The lowest BCUT2D eigenvalue weighted by atomic mass is 9.85. The SMILES string of the molecule is O=C(c1ccccc1)N1CCO[C@H](CC2CCCCC2)C1. The van der Waals surface area contributed by atoms with Crippen molar-refractivity contribution in [2.75, 3.05) is 19.7 Å². The fourth-order valence-corrected chi connectivity index (χ4v) is 3.60. The summed E-state index contributed by atoms with van der Waals surface area (Å²) in [4.78, 5) is 14.5. The van der Waals surface area contributed by atoms with Crippen molar-refractivity contribution >= 4 is 5.91 Å². The van der Waals surface area contributed by atoms with Gasteiger partial charge in [-0.15, -0.1) is 0 Å². The van der Waals surface area contributed by atoms with Crippen LogP contribution in [0.3, 0.4) is 0 Å². The van der Waals surface area contributed by atoms with Gasteiger partial charge in [0.15, 0.2) is 0 Å². The first-order valence-corrected chi connectivity index (χ1v) is 8.29. The first-order valence-electron chi connectivity index (χ1n) is 8.29. The Hall–Kier alpha value is -1.35. The van der Waals surface area contributed by atoms with E-state index in [-0.39, 0.29) is 12.0 Å². The number of hydrogen-bond donors (Lipinski definition) is 0. The maximum absolute atomic E-state index is 12.5. The summed E-state index contributed by atoms with van der Waals surface area (Å²) in [6, 6.07) is 9.59. The number of carbonyl (C=O) groups is 1. The molecule has 3 nitrogen and oxygen atoms in total. The average Bonchev–Trinajstić information content (AvgIpc) is 2.56. The van der Waals surface area contributed by atoms with E-state index in [9.17, 15) is 4.79 Å². The Morgan fingerprint density at radius 2 is 1.90 bits per heavy atom. The molecule has 114 valence electrons. The van der Waals surface area contributed by atoms with Crippen molar-refractivity contribution in [2.45, 2.75) is 44.6 Å². The molecule has 2 fully saturated rings. The highest BCUT2D eigenvalue weighted by Crippen LogP contribution is 2.29. The van der Waals surface area contributed by atoms with Gasteiger partial charge in [0.2, 0.25) is 0 Å². The molecule has 1 amide bonds. The van der Waals surface area contributed by atoms with Crippen LogP contribution in [0.25, 0.3) is 0 Å². The molecular formula is C18H25NO2. The third kappa shape index (κ3) is 3.85. The average molecular weight is 287 g/mol. The Morgan fingerprint density at radius 3 is 2.67 bits per heavy atom. The van der Waals surface area contributed by atoms with Crippen LogP contribution < -0.4 is 0 Å². The fraction of sp³-hybridized carbons (Fsp3) is 0.611. The van der Waals surface area contributed by atoms with Gasteiger partial charge in [-0.25, -0.2) is 0 Å². The van der Waals surface area contributed by atoms with E-state index in [0.717, 1.165) is 31.0 Å². The van der Waals surface area contributed by atoms with Gasteiger partial charge in [-0.05, 0) is 24.5 Å². The predicted molar refractivity (Wildman–Crippen MR) is 83.3 cm³/mol. The highest BCUT2D eigenvalue weighted by atomic mass is 16.5. The molecule has 1 aliphatic carbocycles. The Morgan fingerprint density at radius 1 is 1.14 bits per heavy atom. The second kappa shape index (κ2) is 7.08. The molecule has 2 aliphatic rings. The van der Waals surface area contributed by atoms with Gasteiger partial charge in [0.25, 0.3) is 5.91 Å². The maximum Gasteiger partial charge on any atom is 0.254 e. The highest BCUT2D eigenvalue weighted by Gasteiger charge is 2.27. The molecule has 21 heavy (non-hydrogen) atoms. The monoisotopic (exact) mass is 287 g/mol. The zero-order chi connectivity index (χ0) is 14.5. The van der Waals surface area contributed by atoms with Crippen LogP contribution in [0.2, 0.25) is 0 Å². The first kappa shape index (κ1) is 14.6. The molecule has 0 spiro atoms. The van der Waals surface area contributed by atoms with E-state index in [1.54, 1.807) is 0 Å². The zero-order valence-corrected chi connectivity index (χ0v) is 12.7. The number of hydrogen-bond acceptors (Lipinski definition) is 2. The fourth-order valence-electron chi connectivity index (χ4n) is 3.60. The van der Waals surface area contributed by atoms with Gasteiger partial charge in [-0.3, -0.25) is 4.79 Å². The van der Waals surface area contributed by atoms with E-state index >= 15 is 0 Å². The van der Waals surface area contributed by atoms with E-state index in [0.29, 0.717) is 6.61 Å². The van der Waals surface area contributed by atoms with E-state index in [1.807, 2.05) is 35.2 Å². The highest BCUT2D eigenvalue weighted by molar-refractivity contribution is 5.94. The van der Waals surface area contributed by atoms with Crippen molar-refractivity contribution in [3.05, 3.63) is 35.9 Å². The molecule has 0 bridgehead atoms. The van der Waals surface area contributed by atoms with Crippen molar-refractivity contribution in [3.8, 4) is 0 Å². The second-order valence-electron chi connectivity index (χ2n) is 6.35. The number of amides is 1. The van der Waals surface area contributed by atoms with E-state index in [1.165, 1.54) is 32.1 Å². The molecule has 0 N–H and O–H groups in total. The Balaban J connectivity index is 1.56. The Labute approximate surface area is 127 Å². The molecule has 3 heteroatoms. The molecule has 1 atom stereocenters. The molecule has 1 aliphatic heterocycles. The van der Waals surface area contributed by atoms with Crippen molar-refractivity contribution in [2.24, 2.45) is 5.92 Å². The van der Waals surface area contributed by atoms with Gasteiger partial charge in [0.05, 0.1) is 12.7 Å². The van der Waals surface area contributed by atoms with E-state index < -0.39 is 0 Å². The van der Waals surface area contributed by atoms with Gasteiger partial charge < -0.3 is 9.64 Å². The molecule has 1 saturated carbocycles. The van der Waals surface area contributed by atoms with Gasteiger partial charge in [-0.1, -0.05) is 50.3 Å². The standard InChI is InChI=1S/C18H25NO2/c20-18(16-9-5-2-6-10-16)19-11-12-21-17(14-19)13-15-7-3-1-4-8-15/h2,5-6,9-10,15,17H,1,3-4,7-8,11-14H2/t17-/m1/s1. The summed E-state index contributed by atoms with van der Waals surface area (Å²) >= 11 is 0. The van der Waals surface area contributed by atoms with E-state index in [4.69, 9.17) is 4.74 Å². The van der Waals surface area contributed by atoms with Crippen LogP contribution >= 0.6 is 0 Å². The van der Waals surface area contributed by atoms with Gasteiger partial charge >= 0.3 is 0 Å². The van der Waals surface area contributed by atoms with Crippen LogP contribution in [0.5, 0.6) is 0 Å². The third-order valence-electron chi connectivity index (χ3n) is 4.77. The largest absolute Gasteiger partial charge is 0.375 e. The molecule has 1 saturated heterocycles. The molecule has 3 rings (SSSR count). The smallest absolute Gasteiger partial charge is 0.254 e. The Kier molecular flexibility index (Phi) is 4.91. The summed E-state index contributed by atoms with van der Waals surface area (Å²) in [7, 11) is 0. The molecule has 1 heterocycles. The lowest BCUT2D eigenvalue weighted by molar-refractivity contribution is -0.0337. The van der Waals surface area contributed by atoms with Gasteiger partial charge in [-0.2, -0.15) is 0 Å². The maximum atomic E-state index is 12.5. The minimum absolute atomic E-state index is 0.146. The topological polar surface area (TPSA) is 29.5 Å². The summed E-state index contributed by atoms with van der Waals surface area (Å²) in [6.07, 6.45) is 8.15. The first-order chi connectivity index (χ1) is 10.3. The lowest BCUT2D eigenvalue weighted by Crippen LogP contribution is -2.46. The summed E-state index contributed by atoms with van der Waals surface area (Å²) in [5, 5.41) is 0. The number of benzene rings is 1. The number of rotatable bonds is 3. The second-order valence-corrected chi connectivity index (χ2v) is 6.35. The number of morpholine rings is 1. The quantitative estimate of drug-likeness (QED) is 0.851. The van der Waals surface area contributed by atoms with Crippen molar-refractivity contribution in [3.63, 3.8) is 0 Å². The number of ether oxygens (including phenoxy) is 1. The summed E-state index contributed by atoms with van der Waals surface area (Å²) < 4.78 is 5.90. The minimum atomic E-state index is 0.146. The minimum Gasteiger partial charge on any atom is -0.375 e. The summed E-state index contributed by atoms with van der Waals surface area (Å²) in [5.41, 5.74) is 0.788. The molecule has 0 radical (unpaired) electrons. The number of carbonyl (C=O) groups excluding carboxylic acids is 1. The van der Waals surface area contributed by atoms with Gasteiger partial charge in [0.1, 0.15) is 0 Å². The molecule has 1 aromatic rings. The van der Waals surface area contributed by atoms with Crippen molar-refractivity contribution < 1.29 is 9.53 Å². The van der Waals surface area contributed by atoms with E-state index in [2.05, 4.69) is 0 Å². The Bertz CT molecular complexity index is 454. The van der Waals surface area contributed by atoms with Crippen molar-refractivity contribution in [1.82, 2.24) is 4.90 Å². The van der Waals surface area contributed by atoms with Crippen LogP contribution in [-0.4, -0.2) is 36.6 Å². The lowest BCUT2D eigenvalue weighted by Gasteiger charge is -2.35. The summed E-state index contributed by atoms with van der Waals surface area (Å²) in [5.74, 6) is 0.947. The van der Waals surface area contributed by atoms with Crippen LogP contribution in [-0.2, 0) is 4.74 Å².